The van der Waals surface area contributed by atoms with Gasteiger partial charge >= 0.3 is 0 Å². The highest BCUT2D eigenvalue weighted by Crippen LogP contribution is 2.61. The minimum Gasteiger partial charge on any atom is -0.313 e. The fraction of sp³-hybridized carbons (Fsp3) is 1.00. The van der Waals surface area contributed by atoms with Crippen LogP contribution in [0.1, 0.15) is 26.7 Å². The summed E-state index contributed by atoms with van der Waals surface area (Å²) in [5.41, 5.74) is 0. The van der Waals surface area contributed by atoms with Crippen molar-refractivity contribution in [3.8, 4) is 0 Å². The molecule has 1 heterocycles. The Morgan fingerprint density at radius 3 is 2.46 bits per heavy atom. The first-order valence-electron chi connectivity index (χ1n) is 5.16. The van der Waals surface area contributed by atoms with Gasteiger partial charge in [0.25, 0.3) is 5.92 Å². The van der Waals surface area contributed by atoms with Crippen LogP contribution in [0.25, 0.3) is 0 Å². The molecule has 1 aliphatic heterocycles. The van der Waals surface area contributed by atoms with Gasteiger partial charge in [0, 0.05) is 17.9 Å². The lowest BCUT2D eigenvalue weighted by Crippen LogP contribution is -2.26. The molecule has 0 aromatic carbocycles. The molecule has 0 bridgehead atoms. The van der Waals surface area contributed by atoms with E-state index in [9.17, 15) is 8.78 Å². The fourth-order valence-corrected chi connectivity index (χ4v) is 2.77. The Labute approximate surface area is 77.9 Å². The number of nitrogens with one attached hydrogen (secondary N) is 1. The van der Waals surface area contributed by atoms with E-state index in [0.717, 1.165) is 19.4 Å². The van der Waals surface area contributed by atoms with Crippen LogP contribution in [-0.4, -0.2) is 18.5 Å². The van der Waals surface area contributed by atoms with Crippen LogP contribution < -0.4 is 5.32 Å². The van der Waals surface area contributed by atoms with Crippen molar-refractivity contribution in [3.05, 3.63) is 0 Å². The van der Waals surface area contributed by atoms with Crippen molar-refractivity contribution < 1.29 is 8.78 Å². The van der Waals surface area contributed by atoms with E-state index in [0.29, 0.717) is 0 Å². The molecule has 1 nitrogen and oxygen atoms in total. The van der Waals surface area contributed by atoms with Gasteiger partial charge in [-0.25, -0.2) is 8.78 Å². The second kappa shape index (κ2) is 2.91. The van der Waals surface area contributed by atoms with Crippen molar-refractivity contribution in [2.45, 2.75) is 38.7 Å². The van der Waals surface area contributed by atoms with Crippen LogP contribution in [0.3, 0.4) is 0 Å². The van der Waals surface area contributed by atoms with Gasteiger partial charge in [0.1, 0.15) is 0 Å². The zero-order valence-corrected chi connectivity index (χ0v) is 8.19. The van der Waals surface area contributed by atoms with Crippen LogP contribution in [0.4, 0.5) is 8.78 Å². The van der Waals surface area contributed by atoms with E-state index in [2.05, 4.69) is 5.32 Å². The molecule has 3 unspecified atom stereocenters. The molecular formula is C10H17F2N. The summed E-state index contributed by atoms with van der Waals surface area (Å²) in [6.45, 7) is 4.71. The number of halogens is 2. The van der Waals surface area contributed by atoms with Gasteiger partial charge in [-0.3, -0.25) is 0 Å². The average Bonchev–Trinajstić information content (AvgIpc) is 2.50. The monoisotopic (exact) mass is 189 g/mol. The van der Waals surface area contributed by atoms with Gasteiger partial charge in [0.2, 0.25) is 0 Å². The molecular weight excluding hydrogens is 172 g/mol. The molecule has 0 radical (unpaired) electrons. The predicted molar refractivity (Wildman–Crippen MR) is 47.8 cm³/mol. The number of hydrogen-bond donors (Lipinski definition) is 1. The highest BCUT2D eigenvalue weighted by Gasteiger charge is 2.71. The van der Waals surface area contributed by atoms with Gasteiger partial charge < -0.3 is 5.32 Å². The molecule has 1 saturated heterocycles. The lowest BCUT2D eigenvalue weighted by molar-refractivity contribution is 0.0723. The minimum atomic E-state index is -2.39. The summed E-state index contributed by atoms with van der Waals surface area (Å²) in [4.78, 5) is 0. The Hall–Kier alpha value is -0.180. The fourth-order valence-electron chi connectivity index (χ4n) is 2.77. The zero-order chi connectivity index (χ0) is 9.64. The van der Waals surface area contributed by atoms with Gasteiger partial charge in [-0.2, -0.15) is 0 Å². The standard InChI is InChI=1S/C10H17F2N/c1-6(2)8-9(10(8,11)12)7-4-3-5-13-7/h6-9,13H,3-5H2,1-2H3. The Morgan fingerprint density at radius 2 is 2.08 bits per heavy atom. The molecule has 2 aliphatic rings. The van der Waals surface area contributed by atoms with E-state index in [-0.39, 0.29) is 23.8 Å². The second-order valence-corrected chi connectivity index (χ2v) is 4.67. The summed E-state index contributed by atoms with van der Waals surface area (Å²) in [7, 11) is 0. The second-order valence-electron chi connectivity index (χ2n) is 4.67. The molecule has 13 heavy (non-hydrogen) atoms. The molecule has 3 heteroatoms. The average molecular weight is 189 g/mol. The van der Waals surface area contributed by atoms with Gasteiger partial charge in [-0.15, -0.1) is 0 Å². The van der Waals surface area contributed by atoms with Crippen LogP contribution in [0, 0.1) is 17.8 Å². The van der Waals surface area contributed by atoms with E-state index in [1.165, 1.54) is 0 Å². The molecule has 0 aromatic heterocycles. The van der Waals surface area contributed by atoms with E-state index < -0.39 is 5.92 Å². The molecule has 3 atom stereocenters. The van der Waals surface area contributed by atoms with Crippen LogP contribution in [0.2, 0.25) is 0 Å². The normalized spacial score (nSPS) is 42.7. The molecule has 0 aromatic rings. The maximum absolute atomic E-state index is 13.3. The Balaban J connectivity index is 2.01. The molecule has 1 N–H and O–H groups in total. The van der Waals surface area contributed by atoms with Gasteiger partial charge in [-0.1, -0.05) is 13.8 Å². The Bertz CT molecular complexity index is 197. The third-order valence-electron chi connectivity index (χ3n) is 3.42. The quantitative estimate of drug-likeness (QED) is 0.702. The lowest BCUT2D eigenvalue weighted by atomic mass is 10.0. The van der Waals surface area contributed by atoms with Crippen molar-refractivity contribution in [1.29, 1.82) is 0 Å². The molecule has 2 rings (SSSR count). The Kier molecular flexibility index (Phi) is 2.10. The molecule has 1 aliphatic carbocycles. The largest absolute Gasteiger partial charge is 0.313 e. The van der Waals surface area contributed by atoms with E-state index in [1.807, 2.05) is 13.8 Å². The highest BCUT2D eigenvalue weighted by atomic mass is 19.3. The summed E-state index contributed by atoms with van der Waals surface area (Å²) >= 11 is 0. The van der Waals surface area contributed by atoms with Crippen molar-refractivity contribution in [1.82, 2.24) is 5.32 Å². The summed E-state index contributed by atoms with van der Waals surface area (Å²) in [5.74, 6) is -3.03. The van der Waals surface area contributed by atoms with E-state index in [1.54, 1.807) is 0 Å². The van der Waals surface area contributed by atoms with Gasteiger partial charge in [0.15, 0.2) is 0 Å². The third kappa shape index (κ3) is 1.37. The number of hydrogen-bond acceptors (Lipinski definition) is 1. The SMILES string of the molecule is CC(C)C1C(C2CCCN2)C1(F)F. The highest BCUT2D eigenvalue weighted by molar-refractivity contribution is 5.12. The first-order valence-corrected chi connectivity index (χ1v) is 5.16. The predicted octanol–water partition coefficient (Wildman–Crippen LogP) is 2.28. The summed E-state index contributed by atoms with van der Waals surface area (Å²) in [6, 6.07) is 0.0856. The van der Waals surface area contributed by atoms with Crippen molar-refractivity contribution in [3.63, 3.8) is 0 Å². The van der Waals surface area contributed by atoms with Gasteiger partial charge in [-0.05, 0) is 25.3 Å². The van der Waals surface area contributed by atoms with Crippen molar-refractivity contribution in [2.75, 3.05) is 6.54 Å². The van der Waals surface area contributed by atoms with Crippen LogP contribution >= 0.6 is 0 Å². The van der Waals surface area contributed by atoms with Crippen LogP contribution in [-0.2, 0) is 0 Å². The van der Waals surface area contributed by atoms with Gasteiger partial charge in [0.05, 0.1) is 0 Å². The molecule has 1 saturated carbocycles. The summed E-state index contributed by atoms with van der Waals surface area (Å²) < 4.78 is 26.6. The first-order chi connectivity index (χ1) is 6.05. The van der Waals surface area contributed by atoms with E-state index in [4.69, 9.17) is 0 Å². The zero-order valence-electron chi connectivity index (χ0n) is 8.19. The van der Waals surface area contributed by atoms with Crippen LogP contribution in [0.15, 0.2) is 0 Å². The molecule has 76 valence electrons. The maximum atomic E-state index is 13.3. The van der Waals surface area contributed by atoms with Crippen molar-refractivity contribution >= 4 is 0 Å². The molecule has 2 fully saturated rings. The summed E-state index contributed by atoms with van der Waals surface area (Å²) in [6.07, 6.45) is 1.99. The van der Waals surface area contributed by atoms with Crippen molar-refractivity contribution in [2.24, 2.45) is 17.8 Å². The minimum absolute atomic E-state index is 0.0856. The lowest BCUT2D eigenvalue weighted by Gasteiger charge is -2.08. The Morgan fingerprint density at radius 1 is 1.38 bits per heavy atom. The number of rotatable bonds is 2. The summed E-state index contributed by atoms with van der Waals surface area (Å²) in [5, 5.41) is 3.18. The smallest absolute Gasteiger partial charge is 0.256 e. The topological polar surface area (TPSA) is 12.0 Å². The van der Waals surface area contributed by atoms with Crippen LogP contribution in [0.5, 0.6) is 0 Å². The third-order valence-corrected chi connectivity index (χ3v) is 3.42. The maximum Gasteiger partial charge on any atom is 0.256 e. The molecule has 0 spiro atoms. The molecule has 0 amide bonds. The van der Waals surface area contributed by atoms with E-state index >= 15 is 0 Å². The number of alkyl halides is 2. The first kappa shape index (κ1) is 9.38.